The van der Waals surface area contributed by atoms with Gasteiger partial charge < -0.3 is 0 Å². The van der Waals surface area contributed by atoms with Crippen LogP contribution in [0.5, 0.6) is 0 Å². The lowest BCUT2D eigenvalue weighted by Crippen LogP contribution is -2.12. The van der Waals surface area contributed by atoms with Crippen LogP contribution in [0.2, 0.25) is 0 Å². The van der Waals surface area contributed by atoms with E-state index in [1.165, 1.54) is 38.2 Å². The Morgan fingerprint density at radius 2 is 1.71 bits per heavy atom. The molecule has 1 aromatic carbocycles. The molecule has 0 saturated heterocycles. The molecule has 24 heavy (non-hydrogen) atoms. The summed E-state index contributed by atoms with van der Waals surface area (Å²) in [6.45, 7) is 2.64. The fourth-order valence-corrected chi connectivity index (χ4v) is 3.22. The molecule has 2 aromatic rings. The number of benzene rings is 1. The van der Waals surface area contributed by atoms with Gasteiger partial charge in [-0.1, -0.05) is 19.1 Å². The van der Waals surface area contributed by atoms with Crippen molar-refractivity contribution < 1.29 is 26.4 Å². The van der Waals surface area contributed by atoms with E-state index < -0.39 is 27.4 Å². The minimum Gasteiger partial charge on any atom is -0.293 e. The normalized spacial score (nSPS) is 12.2. The summed E-state index contributed by atoms with van der Waals surface area (Å²) in [4.78, 5) is 15.3. The largest absolute Gasteiger partial charge is 0.416 e. The third kappa shape index (κ3) is 3.64. The van der Waals surface area contributed by atoms with Crippen LogP contribution >= 0.6 is 0 Å². The van der Waals surface area contributed by atoms with Gasteiger partial charge in [-0.3, -0.25) is 9.78 Å². The summed E-state index contributed by atoms with van der Waals surface area (Å²) in [6.07, 6.45) is -3.18. The second-order valence-electron chi connectivity index (χ2n) is 5.11. The molecule has 0 amide bonds. The summed E-state index contributed by atoms with van der Waals surface area (Å²) in [5.41, 5.74) is -0.285. The number of rotatable bonds is 4. The van der Waals surface area contributed by atoms with Gasteiger partial charge in [0.15, 0.2) is 15.6 Å². The lowest BCUT2D eigenvalue weighted by atomic mass is 10.0. The highest BCUT2D eigenvalue weighted by Crippen LogP contribution is 2.31. The number of Topliss-reactive ketones (excluding diaryl/α,β-unsaturated/α-hetero) is 1. The van der Waals surface area contributed by atoms with Gasteiger partial charge in [0, 0.05) is 18.7 Å². The summed E-state index contributed by atoms with van der Waals surface area (Å²) < 4.78 is 62.1. The first-order chi connectivity index (χ1) is 11.1. The summed E-state index contributed by atoms with van der Waals surface area (Å²) >= 11 is 0. The van der Waals surface area contributed by atoms with Crippen LogP contribution in [0.25, 0.3) is 11.1 Å². The molecule has 0 N–H and O–H groups in total. The molecule has 0 atom stereocenters. The molecule has 128 valence electrons. The van der Waals surface area contributed by atoms with E-state index >= 15 is 0 Å². The first-order valence-corrected chi connectivity index (χ1v) is 8.63. The van der Waals surface area contributed by atoms with Crippen molar-refractivity contribution in [1.29, 1.82) is 0 Å². The number of sulfone groups is 1. The zero-order valence-electron chi connectivity index (χ0n) is 12.9. The predicted octanol–water partition coefficient (Wildman–Crippen LogP) is 3.76. The second kappa shape index (κ2) is 6.35. The predicted molar refractivity (Wildman–Crippen MR) is 82.4 cm³/mol. The van der Waals surface area contributed by atoms with E-state index in [-0.39, 0.29) is 16.3 Å². The molecule has 0 unspecified atom stereocenters. The van der Waals surface area contributed by atoms with Gasteiger partial charge in [-0.15, -0.1) is 0 Å². The fourth-order valence-electron chi connectivity index (χ4n) is 2.11. The highest BCUT2D eigenvalue weighted by molar-refractivity contribution is 7.91. The Balaban J connectivity index is 2.57. The van der Waals surface area contributed by atoms with Crippen LogP contribution in [0.3, 0.4) is 0 Å². The third-order valence-electron chi connectivity index (χ3n) is 3.45. The van der Waals surface area contributed by atoms with Gasteiger partial charge in [0.05, 0.1) is 16.2 Å². The first-order valence-electron chi connectivity index (χ1n) is 6.97. The summed E-state index contributed by atoms with van der Waals surface area (Å²) in [6, 6.07) is 5.54. The van der Waals surface area contributed by atoms with E-state index in [0.29, 0.717) is 11.1 Å². The van der Waals surface area contributed by atoms with Crippen LogP contribution in [0.1, 0.15) is 29.9 Å². The van der Waals surface area contributed by atoms with E-state index in [9.17, 15) is 26.4 Å². The molecule has 0 aliphatic heterocycles. The molecular weight excluding hydrogens is 343 g/mol. The van der Waals surface area contributed by atoms with Gasteiger partial charge in [-0.2, -0.15) is 13.2 Å². The van der Waals surface area contributed by atoms with E-state index in [2.05, 4.69) is 4.98 Å². The Hall–Kier alpha value is -2.22. The van der Waals surface area contributed by atoms with Crippen molar-refractivity contribution in [3.05, 3.63) is 47.8 Å². The zero-order valence-corrected chi connectivity index (χ0v) is 13.7. The maximum atomic E-state index is 12.6. The highest BCUT2D eigenvalue weighted by atomic mass is 32.2. The minimum atomic E-state index is -4.45. The quantitative estimate of drug-likeness (QED) is 0.782. The Morgan fingerprint density at radius 3 is 2.17 bits per heavy atom. The van der Waals surface area contributed by atoms with Crippen LogP contribution in [-0.4, -0.2) is 24.9 Å². The van der Waals surface area contributed by atoms with Gasteiger partial charge in [0.1, 0.15) is 5.69 Å². The van der Waals surface area contributed by atoms with Crippen molar-refractivity contribution in [3.63, 3.8) is 0 Å². The number of alkyl halides is 3. The van der Waals surface area contributed by atoms with Gasteiger partial charge in [0.2, 0.25) is 0 Å². The fraction of sp³-hybridized carbons (Fsp3) is 0.250. The molecule has 0 aliphatic carbocycles. The van der Waals surface area contributed by atoms with E-state index in [4.69, 9.17) is 0 Å². The molecule has 1 aromatic heterocycles. The molecule has 0 radical (unpaired) electrons. The number of ketones is 1. The number of carbonyl (C=O) groups excluding carboxylic acids is 1. The number of nitrogens with zero attached hydrogens (tertiary/aromatic N) is 1. The van der Waals surface area contributed by atoms with E-state index in [1.54, 1.807) is 0 Å². The van der Waals surface area contributed by atoms with Crippen molar-refractivity contribution in [2.75, 3.05) is 5.75 Å². The van der Waals surface area contributed by atoms with Crippen molar-refractivity contribution >= 4 is 15.6 Å². The molecule has 0 spiro atoms. The summed E-state index contributed by atoms with van der Waals surface area (Å²) in [5, 5.41) is 0. The molecule has 0 bridgehead atoms. The molecular formula is C16H14F3NO3S. The van der Waals surface area contributed by atoms with Crippen LogP contribution in [-0.2, 0) is 16.0 Å². The van der Waals surface area contributed by atoms with Gasteiger partial charge in [-0.25, -0.2) is 8.42 Å². The SMILES string of the molecule is CCS(=O)(=O)c1cc(-c2ccc(C(F)(F)F)cc2)cnc1C(C)=O. The Bertz CT molecular complexity index is 872. The van der Waals surface area contributed by atoms with Crippen LogP contribution in [0.15, 0.2) is 41.4 Å². The van der Waals surface area contributed by atoms with Crippen LogP contribution < -0.4 is 0 Å². The zero-order chi connectivity index (χ0) is 18.1. The topological polar surface area (TPSA) is 64.1 Å². The summed E-state index contributed by atoms with van der Waals surface area (Å²) in [5.74, 6) is -0.716. The van der Waals surface area contributed by atoms with Crippen molar-refractivity contribution in [2.24, 2.45) is 0 Å². The number of hydrogen-bond acceptors (Lipinski definition) is 4. The van der Waals surface area contributed by atoms with Crippen molar-refractivity contribution in [1.82, 2.24) is 4.98 Å². The number of pyridine rings is 1. The van der Waals surface area contributed by atoms with E-state index in [1.807, 2.05) is 0 Å². The molecule has 0 aliphatic rings. The van der Waals surface area contributed by atoms with Gasteiger partial charge in [-0.05, 0) is 23.8 Å². The van der Waals surface area contributed by atoms with Crippen LogP contribution in [0.4, 0.5) is 13.2 Å². The monoisotopic (exact) mass is 357 g/mol. The lowest BCUT2D eigenvalue weighted by molar-refractivity contribution is -0.137. The average Bonchev–Trinajstić information content (AvgIpc) is 2.53. The number of aromatic nitrogens is 1. The Kier molecular flexibility index (Phi) is 4.80. The second-order valence-corrected chi connectivity index (χ2v) is 7.35. The molecule has 1 heterocycles. The molecule has 2 rings (SSSR count). The lowest BCUT2D eigenvalue weighted by Gasteiger charge is -2.10. The average molecular weight is 357 g/mol. The number of halogens is 3. The smallest absolute Gasteiger partial charge is 0.293 e. The van der Waals surface area contributed by atoms with Crippen LogP contribution in [0, 0.1) is 0 Å². The first kappa shape index (κ1) is 18.1. The maximum Gasteiger partial charge on any atom is 0.416 e. The summed E-state index contributed by atoms with van der Waals surface area (Å²) in [7, 11) is -3.70. The number of carbonyl (C=O) groups is 1. The highest BCUT2D eigenvalue weighted by Gasteiger charge is 2.30. The Labute approximate surface area is 137 Å². The molecule has 0 fully saturated rings. The van der Waals surface area contributed by atoms with Crippen molar-refractivity contribution in [2.45, 2.75) is 24.9 Å². The molecule has 4 nitrogen and oxygen atoms in total. The van der Waals surface area contributed by atoms with E-state index in [0.717, 1.165) is 12.1 Å². The van der Waals surface area contributed by atoms with Crippen molar-refractivity contribution in [3.8, 4) is 11.1 Å². The molecule has 0 saturated carbocycles. The standard InChI is InChI=1S/C16H14F3NO3S/c1-3-24(22,23)14-8-12(9-20-15(14)10(2)21)11-4-6-13(7-5-11)16(17,18)19/h4-9H,3H2,1-2H3. The van der Waals surface area contributed by atoms with Gasteiger partial charge in [0.25, 0.3) is 0 Å². The van der Waals surface area contributed by atoms with Gasteiger partial charge >= 0.3 is 6.18 Å². The Morgan fingerprint density at radius 1 is 1.12 bits per heavy atom. The molecule has 8 heteroatoms. The number of hydrogen-bond donors (Lipinski definition) is 0. The minimum absolute atomic E-state index is 0.174. The third-order valence-corrected chi connectivity index (χ3v) is 5.19. The maximum absolute atomic E-state index is 12.6.